The van der Waals surface area contributed by atoms with E-state index in [1.54, 1.807) is 38.3 Å². The molecule has 6 rings (SSSR count). The fourth-order valence-corrected chi connectivity index (χ4v) is 4.24. The molecule has 0 unspecified atom stereocenters. The van der Waals surface area contributed by atoms with Crippen LogP contribution in [0.3, 0.4) is 0 Å². The SMILES string of the molecule is CC.CCc1cc2ccc(C#Cc3cnn(C)c3C)n2c(=O)n1-c1ccccc1.CN.Nc1nn2cccnc2c1C=O. The number of nitrogen functional groups attached to an aromatic ring is 1. The minimum atomic E-state index is -0.104. The summed E-state index contributed by atoms with van der Waals surface area (Å²) in [5.74, 6) is 6.49. The Hall–Kier alpha value is -5.47. The van der Waals surface area contributed by atoms with Gasteiger partial charge in [0.1, 0.15) is 11.3 Å². The van der Waals surface area contributed by atoms with Gasteiger partial charge in [-0.05, 0) is 62.7 Å². The molecular formula is C32H37N9O2. The van der Waals surface area contributed by atoms with Crippen molar-refractivity contribution in [1.82, 2.24) is 33.3 Å². The van der Waals surface area contributed by atoms with Gasteiger partial charge in [-0.1, -0.05) is 44.9 Å². The molecule has 0 bridgehead atoms. The van der Waals surface area contributed by atoms with E-state index in [2.05, 4.69) is 45.7 Å². The second kappa shape index (κ2) is 15.0. The highest BCUT2D eigenvalue weighted by Gasteiger charge is 2.12. The summed E-state index contributed by atoms with van der Waals surface area (Å²) in [6.45, 7) is 8.03. The zero-order valence-electron chi connectivity index (χ0n) is 25.3. The first-order chi connectivity index (χ1) is 20.9. The largest absolute Gasteiger partial charge is 0.382 e. The number of nitrogens with two attached hydrogens (primary N) is 2. The van der Waals surface area contributed by atoms with Crippen molar-refractivity contribution in [3.05, 3.63) is 112 Å². The molecule has 222 valence electrons. The summed E-state index contributed by atoms with van der Waals surface area (Å²) in [4.78, 5) is 27.8. The van der Waals surface area contributed by atoms with Gasteiger partial charge in [0.05, 0.1) is 28.7 Å². The Bertz CT molecular complexity index is 1930. The van der Waals surface area contributed by atoms with Gasteiger partial charge in [0.15, 0.2) is 17.8 Å². The molecule has 0 fully saturated rings. The molecule has 0 aliphatic heterocycles. The van der Waals surface area contributed by atoms with Crippen LogP contribution in [-0.2, 0) is 13.5 Å². The lowest BCUT2D eigenvalue weighted by Gasteiger charge is -2.13. The van der Waals surface area contributed by atoms with Crippen LogP contribution in [0.4, 0.5) is 5.82 Å². The van der Waals surface area contributed by atoms with Crippen molar-refractivity contribution >= 4 is 23.3 Å². The molecule has 0 saturated heterocycles. The monoisotopic (exact) mass is 579 g/mol. The maximum atomic E-state index is 13.3. The van der Waals surface area contributed by atoms with E-state index in [-0.39, 0.29) is 11.5 Å². The average Bonchev–Trinajstić information content (AvgIpc) is 3.72. The minimum absolute atomic E-state index is 0.104. The standard InChI is InChI=1S/C22H20N4O.C7H6N4O.C2H6.CH5N/c1-4-18-14-21-13-12-20(11-10-17-15-23-24(3)16(17)2)26(21)22(27)25(18)19-8-6-5-7-9-19;8-6-5(4-12)7-9-2-1-3-11(7)10-6;2*1-2/h5-9,12-15H,4H2,1-3H3;1-4H,(H2,8,10);1-2H3;2H2,1H3. The van der Waals surface area contributed by atoms with Crippen LogP contribution in [0.15, 0.2) is 78.0 Å². The van der Waals surface area contributed by atoms with E-state index in [9.17, 15) is 9.59 Å². The van der Waals surface area contributed by atoms with Gasteiger partial charge in [-0.15, -0.1) is 5.10 Å². The highest BCUT2D eigenvalue weighted by Crippen LogP contribution is 2.15. The third kappa shape index (κ3) is 6.72. The highest BCUT2D eigenvalue weighted by molar-refractivity contribution is 5.90. The fourth-order valence-electron chi connectivity index (χ4n) is 4.24. The van der Waals surface area contributed by atoms with Crippen molar-refractivity contribution < 1.29 is 4.79 Å². The second-order valence-electron chi connectivity index (χ2n) is 8.74. The number of aldehydes is 1. The van der Waals surface area contributed by atoms with Gasteiger partial charge in [0.25, 0.3) is 0 Å². The molecule has 6 aromatic rings. The Morgan fingerprint density at radius 3 is 2.37 bits per heavy atom. The first kappa shape index (κ1) is 32.0. The minimum Gasteiger partial charge on any atom is -0.382 e. The molecule has 4 N–H and O–H groups in total. The molecule has 0 saturated carbocycles. The summed E-state index contributed by atoms with van der Waals surface area (Å²) in [6, 6.07) is 17.3. The molecule has 0 spiro atoms. The quantitative estimate of drug-likeness (QED) is 0.240. The van der Waals surface area contributed by atoms with Crippen LogP contribution in [0, 0.1) is 18.8 Å². The van der Waals surface area contributed by atoms with E-state index in [0.717, 1.165) is 34.6 Å². The van der Waals surface area contributed by atoms with Gasteiger partial charge in [-0.2, -0.15) is 5.10 Å². The van der Waals surface area contributed by atoms with Crippen LogP contribution in [0.5, 0.6) is 0 Å². The van der Waals surface area contributed by atoms with E-state index in [1.165, 1.54) is 11.6 Å². The predicted octanol–water partition coefficient (Wildman–Crippen LogP) is 3.82. The van der Waals surface area contributed by atoms with Crippen LogP contribution in [-0.4, -0.2) is 46.7 Å². The van der Waals surface area contributed by atoms with Gasteiger partial charge < -0.3 is 11.5 Å². The number of anilines is 1. The third-order valence-corrected chi connectivity index (χ3v) is 6.41. The molecule has 11 nitrogen and oxygen atoms in total. The zero-order chi connectivity index (χ0) is 31.5. The van der Waals surface area contributed by atoms with Crippen molar-refractivity contribution in [2.45, 2.75) is 34.1 Å². The van der Waals surface area contributed by atoms with Gasteiger partial charge in [-0.3, -0.25) is 18.4 Å². The lowest BCUT2D eigenvalue weighted by molar-refractivity contribution is 0.112. The Morgan fingerprint density at radius 2 is 1.74 bits per heavy atom. The van der Waals surface area contributed by atoms with Gasteiger partial charge in [0.2, 0.25) is 0 Å². The summed E-state index contributed by atoms with van der Waals surface area (Å²) in [6.07, 6.45) is 6.44. The molecule has 5 aromatic heterocycles. The molecule has 0 amide bonds. The number of benzene rings is 1. The zero-order valence-corrected chi connectivity index (χ0v) is 25.3. The summed E-state index contributed by atoms with van der Waals surface area (Å²) in [7, 11) is 3.39. The molecule has 0 radical (unpaired) electrons. The average molecular weight is 580 g/mol. The smallest absolute Gasteiger partial charge is 0.338 e. The predicted molar refractivity (Wildman–Crippen MR) is 171 cm³/mol. The number of hydrogen-bond acceptors (Lipinski definition) is 7. The van der Waals surface area contributed by atoms with Gasteiger partial charge in [-0.25, -0.2) is 14.3 Å². The van der Waals surface area contributed by atoms with E-state index >= 15 is 0 Å². The van der Waals surface area contributed by atoms with Crippen LogP contribution >= 0.6 is 0 Å². The lowest BCUT2D eigenvalue weighted by atomic mass is 10.2. The Balaban J connectivity index is 0.000000264. The number of rotatable bonds is 3. The number of fused-ring (bicyclic) bond motifs is 2. The van der Waals surface area contributed by atoms with Crippen molar-refractivity contribution in [1.29, 1.82) is 0 Å². The first-order valence-corrected chi connectivity index (χ1v) is 13.9. The molecule has 0 aliphatic carbocycles. The molecule has 1 aromatic carbocycles. The Morgan fingerprint density at radius 1 is 1.02 bits per heavy atom. The normalized spacial score (nSPS) is 9.93. The summed E-state index contributed by atoms with van der Waals surface area (Å²) in [5, 5.41) is 8.10. The van der Waals surface area contributed by atoms with Crippen molar-refractivity contribution in [3.63, 3.8) is 0 Å². The number of nitrogens with zero attached hydrogens (tertiary/aromatic N) is 7. The van der Waals surface area contributed by atoms with Crippen LogP contribution < -0.4 is 17.2 Å². The Labute approximate surface area is 250 Å². The van der Waals surface area contributed by atoms with Crippen molar-refractivity contribution in [3.8, 4) is 17.5 Å². The van der Waals surface area contributed by atoms with Crippen LogP contribution in [0.2, 0.25) is 0 Å². The molecule has 5 heterocycles. The maximum Gasteiger partial charge on any atom is 0.338 e. The number of para-hydroxylation sites is 1. The fraction of sp³-hybridized carbons (Fsp3) is 0.219. The highest BCUT2D eigenvalue weighted by atomic mass is 16.1. The van der Waals surface area contributed by atoms with Crippen LogP contribution in [0.25, 0.3) is 16.9 Å². The Kier molecular flexibility index (Phi) is 11.1. The molecular weight excluding hydrogens is 542 g/mol. The molecule has 0 atom stereocenters. The van der Waals surface area contributed by atoms with E-state index in [4.69, 9.17) is 5.73 Å². The van der Waals surface area contributed by atoms with E-state index in [1.807, 2.05) is 70.3 Å². The summed E-state index contributed by atoms with van der Waals surface area (Å²) in [5.41, 5.74) is 15.9. The molecule has 43 heavy (non-hydrogen) atoms. The number of aromatic nitrogens is 7. The van der Waals surface area contributed by atoms with E-state index in [0.29, 0.717) is 23.2 Å². The van der Waals surface area contributed by atoms with Gasteiger partial charge in [0, 0.05) is 25.1 Å². The molecule has 0 aliphatic rings. The third-order valence-electron chi connectivity index (χ3n) is 6.41. The molecule has 11 heteroatoms. The van der Waals surface area contributed by atoms with E-state index < -0.39 is 0 Å². The number of carbonyl (C=O) groups is 1. The summed E-state index contributed by atoms with van der Waals surface area (Å²) < 4.78 is 6.69. The first-order valence-electron chi connectivity index (χ1n) is 13.9. The second-order valence-corrected chi connectivity index (χ2v) is 8.74. The van der Waals surface area contributed by atoms with Crippen molar-refractivity contribution in [2.75, 3.05) is 12.8 Å². The number of carbonyl (C=O) groups excluding carboxylic acids is 1. The van der Waals surface area contributed by atoms with Crippen LogP contribution in [0.1, 0.15) is 53.8 Å². The summed E-state index contributed by atoms with van der Waals surface area (Å²) >= 11 is 0. The van der Waals surface area contributed by atoms with Gasteiger partial charge >= 0.3 is 5.69 Å². The number of aryl methyl sites for hydroxylation is 2. The maximum absolute atomic E-state index is 13.3. The van der Waals surface area contributed by atoms with Crippen molar-refractivity contribution in [2.24, 2.45) is 12.8 Å². The number of hydrogen-bond donors (Lipinski definition) is 2. The topological polar surface area (TPSA) is 144 Å². The lowest BCUT2D eigenvalue weighted by Crippen LogP contribution is -2.28.